The van der Waals surface area contributed by atoms with E-state index in [2.05, 4.69) is 11.8 Å². The van der Waals surface area contributed by atoms with E-state index in [1.54, 1.807) is 0 Å². The fourth-order valence-electron chi connectivity index (χ4n) is 0.976. The highest BCUT2D eigenvalue weighted by molar-refractivity contribution is 4.55. The van der Waals surface area contributed by atoms with Crippen molar-refractivity contribution >= 4 is 0 Å². The molecule has 0 aromatic heterocycles. The molecular weight excluding hydrogens is 128 g/mol. The maximum absolute atomic E-state index is 8.61. The number of nitrogens with zero attached hydrogens (tertiary/aromatic N) is 1. The maximum Gasteiger partial charge on any atom is 0.0558 e. The average molecular weight is 146 g/mol. The molecule has 0 saturated heterocycles. The first kappa shape index (κ1) is 9.88. The highest BCUT2D eigenvalue weighted by atomic mass is 16.3. The molecule has 0 radical (unpaired) electrons. The molecule has 0 atom stereocenters. The van der Waals surface area contributed by atoms with Crippen LogP contribution >= 0.6 is 0 Å². The first-order chi connectivity index (χ1) is 4.85. The Labute approximate surface area is 62.8 Å². The lowest BCUT2D eigenvalue weighted by Gasteiger charge is -2.18. The van der Waals surface area contributed by atoms with E-state index in [-0.39, 0.29) is 6.61 Å². The molecular formula is C7H18N2O. The summed E-state index contributed by atoms with van der Waals surface area (Å²) in [6.45, 7) is 5.73. The lowest BCUT2D eigenvalue weighted by molar-refractivity contribution is 0.199. The van der Waals surface area contributed by atoms with E-state index < -0.39 is 0 Å². The van der Waals surface area contributed by atoms with Gasteiger partial charge in [0.1, 0.15) is 0 Å². The Morgan fingerprint density at radius 2 is 2.00 bits per heavy atom. The number of nitrogens with two attached hydrogens (primary N) is 1. The highest BCUT2D eigenvalue weighted by Gasteiger charge is 1.99. The van der Waals surface area contributed by atoms with Gasteiger partial charge in [-0.3, -0.25) is 4.90 Å². The van der Waals surface area contributed by atoms with Gasteiger partial charge in [0.25, 0.3) is 0 Å². The molecule has 3 N–H and O–H groups in total. The molecule has 0 rings (SSSR count). The number of aliphatic hydroxyl groups is 1. The topological polar surface area (TPSA) is 49.5 Å². The van der Waals surface area contributed by atoms with Crippen molar-refractivity contribution in [2.45, 2.75) is 13.3 Å². The summed E-state index contributed by atoms with van der Waals surface area (Å²) in [5.74, 6) is 0. The Morgan fingerprint density at radius 1 is 1.30 bits per heavy atom. The van der Waals surface area contributed by atoms with Gasteiger partial charge in [-0.05, 0) is 13.0 Å². The van der Waals surface area contributed by atoms with Gasteiger partial charge in [-0.25, -0.2) is 0 Å². The third-order valence-electron chi connectivity index (χ3n) is 1.40. The molecule has 0 unspecified atom stereocenters. The van der Waals surface area contributed by atoms with Gasteiger partial charge in [-0.15, -0.1) is 0 Å². The highest BCUT2D eigenvalue weighted by Crippen LogP contribution is 1.88. The van der Waals surface area contributed by atoms with Crippen molar-refractivity contribution in [3.8, 4) is 0 Å². The zero-order valence-electron chi connectivity index (χ0n) is 6.71. The molecule has 3 nitrogen and oxygen atoms in total. The van der Waals surface area contributed by atoms with Gasteiger partial charge in [0.15, 0.2) is 0 Å². The minimum absolute atomic E-state index is 0.236. The normalized spacial score (nSPS) is 10.8. The second kappa shape index (κ2) is 6.99. The summed E-state index contributed by atoms with van der Waals surface area (Å²) in [4.78, 5) is 2.17. The van der Waals surface area contributed by atoms with Crippen LogP contribution in [-0.4, -0.2) is 42.8 Å². The maximum atomic E-state index is 8.61. The standard InChI is InChI=1S/C7H18N2O/c1-2-4-9(5-3-8)6-7-10/h10H,2-8H2,1H3. The molecule has 0 spiro atoms. The SMILES string of the molecule is CCCN(CCN)CCO. The van der Waals surface area contributed by atoms with Gasteiger partial charge in [-0.2, -0.15) is 0 Å². The van der Waals surface area contributed by atoms with Crippen molar-refractivity contribution in [3.63, 3.8) is 0 Å². The average Bonchev–Trinajstić information content (AvgIpc) is 1.90. The molecule has 3 heteroatoms. The summed E-state index contributed by atoms with van der Waals surface area (Å²) in [6, 6.07) is 0. The number of rotatable bonds is 6. The van der Waals surface area contributed by atoms with Gasteiger partial charge < -0.3 is 10.8 Å². The largest absolute Gasteiger partial charge is 0.395 e. The van der Waals surface area contributed by atoms with E-state index in [9.17, 15) is 0 Å². The van der Waals surface area contributed by atoms with Crippen LogP contribution in [0.25, 0.3) is 0 Å². The second-order valence-corrected chi connectivity index (χ2v) is 2.35. The van der Waals surface area contributed by atoms with Gasteiger partial charge in [0.2, 0.25) is 0 Å². The fourth-order valence-corrected chi connectivity index (χ4v) is 0.976. The fraction of sp³-hybridized carbons (Fsp3) is 1.00. The molecule has 0 aliphatic rings. The van der Waals surface area contributed by atoms with E-state index in [1.165, 1.54) is 0 Å². The molecule has 62 valence electrons. The van der Waals surface area contributed by atoms with Crippen LogP contribution in [-0.2, 0) is 0 Å². The van der Waals surface area contributed by atoms with E-state index in [0.717, 1.165) is 26.1 Å². The molecule has 0 bridgehead atoms. The minimum atomic E-state index is 0.236. The van der Waals surface area contributed by atoms with Crippen molar-refractivity contribution in [2.75, 3.05) is 32.8 Å². The van der Waals surface area contributed by atoms with E-state index in [0.29, 0.717) is 6.54 Å². The van der Waals surface area contributed by atoms with Crippen LogP contribution in [0.3, 0.4) is 0 Å². The third-order valence-corrected chi connectivity index (χ3v) is 1.40. The monoisotopic (exact) mass is 146 g/mol. The van der Waals surface area contributed by atoms with Crippen LogP contribution in [0.5, 0.6) is 0 Å². The molecule has 0 amide bonds. The number of aliphatic hydroxyl groups excluding tert-OH is 1. The van der Waals surface area contributed by atoms with Gasteiger partial charge in [-0.1, -0.05) is 6.92 Å². The van der Waals surface area contributed by atoms with E-state index in [4.69, 9.17) is 10.8 Å². The Kier molecular flexibility index (Phi) is 6.91. The minimum Gasteiger partial charge on any atom is -0.395 e. The van der Waals surface area contributed by atoms with Gasteiger partial charge in [0.05, 0.1) is 6.61 Å². The Bertz CT molecular complexity index is 54.4. The van der Waals surface area contributed by atoms with Gasteiger partial charge >= 0.3 is 0 Å². The quantitative estimate of drug-likeness (QED) is 0.538. The Morgan fingerprint density at radius 3 is 2.40 bits per heavy atom. The summed E-state index contributed by atoms with van der Waals surface area (Å²) in [5.41, 5.74) is 5.37. The van der Waals surface area contributed by atoms with E-state index >= 15 is 0 Å². The first-order valence-electron chi connectivity index (χ1n) is 3.88. The van der Waals surface area contributed by atoms with Crippen molar-refractivity contribution in [3.05, 3.63) is 0 Å². The zero-order valence-corrected chi connectivity index (χ0v) is 6.71. The van der Waals surface area contributed by atoms with Crippen molar-refractivity contribution < 1.29 is 5.11 Å². The van der Waals surface area contributed by atoms with Crippen LogP contribution < -0.4 is 5.73 Å². The molecule has 0 aliphatic heterocycles. The van der Waals surface area contributed by atoms with Crippen LogP contribution in [0.1, 0.15) is 13.3 Å². The molecule has 0 aromatic carbocycles. The number of hydrogen-bond donors (Lipinski definition) is 2. The van der Waals surface area contributed by atoms with Crippen LogP contribution in [0, 0.1) is 0 Å². The van der Waals surface area contributed by atoms with Crippen molar-refractivity contribution in [1.29, 1.82) is 0 Å². The van der Waals surface area contributed by atoms with Crippen LogP contribution in [0.2, 0.25) is 0 Å². The predicted octanol–water partition coefficient (Wildman–Crippen LogP) is -0.351. The molecule has 0 saturated carbocycles. The molecule has 0 aromatic rings. The Balaban J connectivity index is 3.30. The van der Waals surface area contributed by atoms with Gasteiger partial charge in [0, 0.05) is 19.6 Å². The molecule has 10 heavy (non-hydrogen) atoms. The summed E-state index contributed by atoms with van der Waals surface area (Å²) < 4.78 is 0. The Hall–Kier alpha value is -0.120. The zero-order chi connectivity index (χ0) is 7.82. The summed E-state index contributed by atoms with van der Waals surface area (Å²) in [7, 11) is 0. The third kappa shape index (κ3) is 4.73. The summed E-state index contributed by atoms with van der Waals surface area (Å²) in [5, 5.41) is 8.61. The molecule has 0 aliphatic carbocycles. The number of hydrogen-bond acceptors (Lipinski definition) is 3. The lowest BCUT2D eigenvalue weighted by atomic mass is 10.4. The smallest absolute Gasteiger partial charge is 0.0558 e. The predicted molar refractivity (Wildman–Crippen MR) is 42.9 cm³/mol. The van der Waals surface area contributed by atoms with Crippen LogP contribution in [0.15, 0.2) is 0 Å². The molecule has 0 heterocycles. The summed E-state index contributed by atoms with van der Waals surface area (Å²) in [6.07, 6.45) is 1.12. The van der Waals surface area contributed by atoms with Crippen molar-refractivity contribution in [1.82, 2.24) is 4.90 Å². The summed E-state index contributed by atoms with van der Waals surface area (Å²) >= 11 is 0. The van der Waals surface area contributed by atoms with E-state index in [1.807, 2.05) is 0 Å². The van der Waals surface area contributed by atoms with Crippen molar-refractivity contribution in [2.24, 2.45) is 5.73 Å². The lowest BCUT2D eigenvalue weighted by Crippen LogP contribution is -2.32. The second-order valence-electron chi connectivity index (χ2n) is 2.35. The first-order valence-corrected chi connectivity index (χ1v) is 3.88. The van der Waals surface area contributed by atoms with Crippen LogP contribution in [0.4, 0.5) is 0 Å². The molecule has 0 fully saturated rings.